The second-order valence-corrected chi connectivity index (χ2v) is 7.77. The number of methoxy groups -OCH3 is 1. The molecule has 1 heterocycles. The maximum Gasteiger partial charge on any atom is 0.227 e. The van der Waals surface area contributed by atoms with Crippen LogP contribution in [0.4, 0.5) is 5.69 Å². The molecular weight excluding hydrogens is 390 g/mol. The molecule has 0 spiro atoms. The van der Waals surface area contributed by atoms with Gasteiger partial charge in [-0.05, 0) is 43.9 Å². The predicted molar refractivity (Wildman–Crippen MR) is 114 cm³/mol. The van der Waals surface area contributed by atoms with Crippen LogP contribution >= 0.6 is 11.6 Å². The van der Waals surface area contributed by atoms with Gasteiger partial charge in [0.05, 0.1) is 29.8 Å². The van der Waals surface area contributed by atoms with E-state index in [2.05, 4.69) is 5.32 Å². The number of hydrogen-bond donors (Lipinski definition) is 1. The molecule has 2 unspecified atom stereocenters. The van der Waals surface area contributed by atoms with E-state index in [-0.39, 0.29) is 24.3 Å². The van der Waals surface area contributed by atoms with Crippen LogP contribution in [0.25, 0.3) is 0 Å². The number of benzene rings is 2. The summed E-state index contributed by atoms with van der Waals surface area (Å²) in [6, 6.07) is 15.0. The van der Waals surface area contributed by atoms with Crippen molar-refractivity contribution in [2.75, 3.05) is 39.2 Å². The van der Waals surface area contributed by atoms with Crippen molar-refractivity contribution in [1.29, 1.82) is 0 Å². The summed E-state index contributed by atoms with van der Waals surface area (Å²) >= 11 is 6.22. The number of nitrogens with one attached hydrogen (secondary N) is 1. The van der Waals surface area contributed by atoms with Crippen molar-refractivity contribution in [3.8, 4) is 5.75 Å². The van der Waals surface area contributed by atoms with Gasteiger partial charge in [0.25, 0.3) is 0 Å². The molecule has 0 bridgehead atoms. The zero-order valence-electron chi connectivity index (χ0n) is 16.9. The summed E-state index contributed by atoms with van der Waals surface area (Å²) in [4.78, 5) is 28.9. The van der Waals surface area contributed by atoms with Crippen molar-refractivity contribution in [2.45, 2.75) is 12.5 Å². The van der Waals surface area contributed by atoms with E-state index < -0.39 is 5.92 Å². The molecule has 29 heavy (non-hydrogen) atoms. The lowest BCUT2D eigenvalue weighted by Gasteiger charge is -2.26. The van der Waals surface area contributed by atoms with Crippen molar-refractivity contribution in [3.05, 3.63) is 59.1 Å². The van der Waals surface area contributed by atoms with Crippen molar-refractivity contribution in [2.24, 2.45) is 5.92 Å². The van der Waals surface area contributed by atoms with Gasteiger partial charge in [-0.25, -0.2) is 0 Å². The number of rotatable bonds is 7. The van der Waals surface area contributed by atoms with Gasteiger partial charge in [0.1, 0.15) is 5.75 Å². The minimum atomic E-state index is -0.396. The SMILES string of the molecule is COc1cccc(C(CNC(=O)C2CC(=O)N(c3ccccc3Cl)C2)N(C)C)c1. The zero-order chi connectivity index (χ0) is 21.0. The second-order valence-electron chi connectivity index (χ2n) is 7.36. The Hall–Kier alpha value is -2.57. The highest BCUT2D eigenvalue weighted by Crippen LogP contribution is 2.31. The lowest BCUT2D eigenvalue weighted by molar-refractivity contribution is -0.126. The molecule has 3 rings (SSSR count). The number of halogens is 1. The van der Waals surface area contributed by atoms with Crippen molar-refractivity contribution in [3.63, 3.8) is 0 Å². The molecule has 1 aliphatic heterocycles. The van der Waals surface area contributed by atoms with Crippen LogP contribution in [0.15, 0.2) is 48.5 Å². The summed E-state index contributed by atoms with van der Waals surface area (Å²) in [5.74, 6) is 0.169. The van der Waals surface area contributed by atoms with Crippen LogP contribution in [-0.2, 0) is 9.59 Å². The Labute approximate surface area is 176 Å². The smallest absolute Gasteiger partial charge is 0.227 e. The number of ether oxygens (including phenoxy) is 1. The monoisotopic (exact) mass is 415 g/mol. The lowest BCUT2D eigenvalue weighted by atomic mass is 10.0. The standard InChI is InChI=1S/C22H26ClN3O3/c1-25(2)20(15-7-6-8-17(11-15)29-3)13-24-22(28)16-12-21(27)26(14-16)19-10-5-4-9-18(19)23/h4-11,16,20H,12-14H2,1-3H3,(H,24,28). The summed E-state index contributed by atoms with van der Waals surface area (Å²) in [6.45, 7) is 0.774. The van der Waals surface area contributed by atoms with Crippen LogP contribution in [0.1, 0.15) is 18.0 Å². The highest BCUT2D eigenvalue weighted by Gasteiger charge is 2.36. The zero-order valence-corrected chi connectivity index (χ0v) is 17.6. The molecule has 7 heteroatoms. The number of para-hydroxylation sites is 1. The first-order chi connectivity index (χ1) is 13.9. The lowest BCUT2D eigenvalue weighted by Crippen LogP contribution is -2.38. The van der Waals surface area contributed by atoms with Crippen LogP contribution in [0.3, 0.4) is 0 Å². The molecule has 0 saturated carbocycles. The Morgan fingerprint density at radius 2 is 2.03 bits per heavy atom. The minimum Gasteiger partial charge on any atom is -0.497 e. The molecule has 1 fully saturated rings. The van der Waals surface area contributed by atoms with E-state index in [0.29, 0.717) is 23.8 Å². The maximum atomic E-state index is 12.8. The topological polar surface area (TPSA) is 61.9 Å². The highest BCUT2D eigenvalue weighted by molar-refractivity contribution is 6.33. The van der Waals surface area contributed by atoms with Gasteiger partial charge in [0, 0.05) is 19.5 Å². The van der Waals surface area contributed by atoms with E-state index in [4.69, 9.17) is 16.3 Å². The number of carbonyl (C=O) groups is 2. The van der Waals surface area contributed by atoms with Crippen LogP contribution in [0, 0.1) is 5.92 Å². The largest absolute Gasteiger partial charge is 0.497 e. The molecule has 1 aliphatic rings. The second kappa shape index (κ2) is 9.29. The van der Waals surface area contributed by atoms with Gasteiger partial charge in [-0.2, -0.15) is 0 Å². The third-order valence-electron chi connectivity index (χ3n) is 5.21. The summed E-state index contributed by atoms with van der Waals surface area (Å²) < 4.78 is 5.31. The molecule has 0 aliphatic carbocycles. The molecule has 1 N–H and O–H groups in total. The minimum absolute atomic E-state index is 0.00849. The first kappa shape index (κ1) is 21.1. The molecule has 1 saturated heterocycles. The van der Waals surface area contributed by atoms with E-state index in [1.165, 1.54) is 0 Å². The fourth-order valence-electron chi connectivity index (χ4n) is 3.58. The number of amides is 2. The maximum absolute atomic E-state index is 12.8. The number of likely N-dealkylation sites (N-methyl/N-ethyl adjacent to an activating group) is 1. The highest BCUT2D eigenvalue weighted by atomic mass is 35.5. The van der Waals surface area contributed by atoms with Crippen molar-refractivity contribution in [1.82, 2.24) is 10.2 Å². The molecule has 0 radical (unpaired) electrons. The Morgan fingerprint density at radius 1 is 1.28 bits per heavy atom. The van der Waals surface area contributed by atoms with Gasteiger partial charge in [0.2, 0.25) is 11.8 Å². The molecule has 2 aromatic rings. The van der Waals surface area contributed by atoms with E-state index in [1.54, 1.807) is 24.1 Å². The average molecular weight is 416 g/mol. The van der Waals surface area contributed by atoms with E-state index >= 15 is 0 Å². The number of nitrogens with zero attached hydrogens (tertiary/aromatic N) is 2. The van der Waals surface area contributed by atoms with Crippen molar-refractivity contribution < 1.29 is 14.3 Å². The van der Waals surface area contributed by atoms with Crippen LogP contribution in [-0.4, -0.2) is 51.0 Å². The average Bonchev–Trinajstić information content (AvgIpc) is 3.10. The van der Waals surface area contributed by atoms with Gasteiger partial charge >= 0.3 is 0 Å². The number of hydrogen-bond acceptors (Lipinski definition) is 4. The van der Waals surface area contributed by atoms with E-state index in [1.807, 2.05) is 55.4 Å². The summed E-state index contributed by atoms with van der Waals surface area (Å²) in [5.41, 5.74) is 1.70. The Kier molecular flexibility index (Phi) is 6.77. The number of anilines is 1. The molecule has 6 nitrogen and oxygen atoms in total. The third-order valence-corrected chi connectivity index (χ3v) is 5.53. The van der Waals surface area contributed by atoms with Crippen LogP contribution < -0.4 is 15.0 Å². The summed E-state index contributed by atoms with van der Waals surface area (Å²) in [6.07, 6.45) is 0.183. The van der Waals surface area contributed by atoms with Gasteiger partial charge in [-0.3, -0.25) is 9.59 Å². The van der Waals surface area contributed by atoms with Gasteiger partial charge in [-0.1, -0.05) is 35.9 Å². The van der Waals surface area contributed by atoms with E-state index in [0.717, 1.165) is 11.3 Å². The summed E-state index contributed by atoms with van der Waals surface area (Å²) in [7, 11) is 5.57. The fraction of sp³-hybridized carbons (Fsp3) is 0.364. The van der Waals surface area contributed by atoms with Crippen LogP contribution in [0.5, 0.6) is 5.75 Å². The molecule has 2 amide bonds. The van der Waals surface area contributed by atoms with Crippen LogP contribution in [0.2, 0.25) is 5.02 Å². The van der Waals surface area contributed by atoms with Gasteiger partial charge in [0.15, 0.2) is 0 Å². The summed E-state index contributed by atoms with van der Waals surface area (Å²) in [5, 5.41) is 3.52. The molecule has 2 atom stereocenters. The molecule has 0 aromatic heterocycles. The predicted octanol–water partition coefficient (Wildman–Crippen LogP) is 3.12. The first-order valence-electron chi connectivity index (χ1n) is 9.53. The van der Waals surface area contributed by atoms with E-state index in [9.17, 15) is 9.59 Å². The van der Waals surface area contributed by atoms with Crippen molar-refractivity contribution >= 4 is 29.1 Å². The van der Waals surface area contributed by atoms with Gasteiger partial charge < -0.3 is 19.9 Å². The number of carbonyl (C=O) groups excluding carboxylic acids is 2. The fourth-order valence-corrected chi connectivity index (χ4v) is 3.81. The quantitative estimate of drug-likeness (QED) is 0.754. The first-order valence-corrected chi connectivity index (χ1v) is 9.91. The Bertz CT molecular complexity index is 887. The molecular formula is C22H26ClN3O3. The Balaban J connectivity index is 1.65. The Morgan fingerprint density at radius 3 is 2.72 bits per heavy atom. The third kappa shape index (κ3) is 4.89. The molecule has 154 valence electrons. The molecule has 2 aromatic carbocycles. The van der Waals surface area contributed by atoms with Gasteiger partial charge in [-0.15, -0.1) is 0 Å². The normalized spacial score (nSPS) is 17.5.